The molecule has 0 saturated carbocycles. The first kappa shape index (κ1) is 31.4. The molecule has 242 valence electrons. The predicted molar refractivity (Wildman–Crippen MR) is 217 cm³/mol. The van der Waals surface area contributed by atoms with Gasteiger partial charge in [-0.25, -0.2) is 0 Å². The molecular weight excluding hydrogens is 603 g/mol. The Labute approximate surface area is 295 Å². The number of para-hydroxylation sites is 2. The number of hydrogen-bond donors (Lipinski definition) is 0. The summed E-state index contributed by atoms with van der Waals surface area (Å²) in [6, 6.07) is 59.9. The summed E-state index contributed by atoms with van der Waals surface area (Å²) in [5.41, 5.74) is 13.8. The number of benzene rings is 7. The smallest absolute Gasteiger partial charge is 0.0541 e. The monoisotopic (exact) mass is 643 g/mol. The lowest BCUT2D eigenvalue weighted by Gasteiger charge is -2.12. The maximum atomic E-state index is 2.41. The first-order valence-electron chi connectivity index (χ1n) is 17.9. The van der Waals surface area contributed by atoms with Gasteiger partial charge in [0, 0.05) is 16.5 Å². The van der Waals surface area contributed by atoms with Crippen LogP contribution in [0.4, 0.5) is 0 Å². The number of hydrogen-bond acceptors (Lipinski definition) is 0. The molecule has 0 spiro atoms. The van der Waals surface area contributed by atoms with Crippen molar-refractivity contribution in [1.29, 1.82) is 0 Å². The molecule has 0 fully saturated rings. The predicted octanol–water partition coefficient (Wildman–Crippen LogP) is 13.9. The minimum Gasteiger partial charge on any atom is -0.309 e. The molecule has 7 aromatic carbocycles. The van der Waals surface area contributed by atoms with Crippen molar-refractivity contribution in [3.05, 3.63) is 187 Å². The van der Waals surface area contributed by atoms with Crippen LogP contribution in [0.3, 0.4) is 0 Å². The molecule has 1 aromatic heterocycles. The highest BCUT2D eigenvalue weighted by atomic mass is 15.0. The molecule has 0 aliphatic rings. The van der Waals surface area contributed by atoms with Crippen molar-refractivity contribution in [3.63, 3.8) is 0 Å². The first-order chi connectivity index (χ1) is 24.7. The molecule has 8 rings (SSSR count). The maximum absolute atomic E-state index is 2.41. The van der Waals surface area contributed by atoms with Gasteiger partial charge in [0.05, 0.1) is 11.0 Å². The van der Waals surface area contributed by atoms with E-state index in [-0.39, 0.29) is 0 Å². The van der Waals surface area contributed by atoms with E-state index >= 15 is 0 Å². The number of allylic oxidation sites excluding steroid dienone is 4. The quantitative estimate of drug-likeness (QED) is 0.138. The second-order valence-electron chi connectivity index (χ2n) is 13.1. The lowest BCUT2D eigenvalue weighted by atomic mass is 9.93. The highest BCUT2D eigenvalue weighted by Crippen LogP contribution is 2.34. The van der Waals surface area contributed by atoms with Crippen LogP contribution in [0.1, 0.15) is 44.2 Å². The van der Waals surface area contributed by atoms with Gasteiger partial charge in [-0.2, -0.15) is 0 Å². The van der Waals surface area contributed by atoms with Crippen LogP contribution in [0.5, 0.6) is 0 Å². The largest absolute Gasteiger partial charge is 0.309 e. The summed E-state index contributed by atoms with van der Waals surface area (Å²) in [6.07, 6.45) is 7.88. The zero-order chi connectivity index (χ0) is 33.9. The van der Waals surface area contributed by atoms with Crippen LogP contribution >= 0.6 is 0 Å². The van der Waals surface area contributed by atoms with Gasteiger partial charge < -0.3 is 4.57 Å². The van der Waals surface area contributed by atoms with Crippen LogP contribution < -0.4 is 0 Å². The average molecular weight is 644 g/mol. The molecule has 50 heavy (non-hydrogen) atoms. The molecule has 0 atom stereocenters. The summed E-state index contributed by atoms with van der Waals surface area (Å²) in [5.74, 6) is 0. The van der Waals surface area contributed by atoms with E-state index in [1.807, 2.05) is 0 Å². The van der Waals surface area contributed by atoms with Gasteiger partial charge in [-0.05, 0) is 98.5 Å². The van der Waals surface area contributed by atoms with Gasteiger partial charge in [-0.15, -0.1) is 0 Å². The van der Waals surface area contributed by atoms with Crippen LogP contribution in [-0.2, 0) is 0 Å². The standard InChI is InChI=1S/C49H41N/c1-3-11-41(33-42(12-4-2)39-23-25-40(26-24-39)44-28-27-35-13-5-6-14-43(35)34-44)38-21-19-36(20-22-38)37-29-31-45(32-30-37)50-48-17-9-7-15-46(48)47-16-8-10-18-49(47)50/h5-10,12-34H,3-4,11H2,1-2H3/b41-33+,42-12-. The van der Waals surface area contributed by atoms with E-state index in [1.165, 1.54) is 82.8 Å². The fourth-order valence-electron chi connectivity index (χ4n) is 7.34. The molecule has 0 N–H and O–H groups in total. The molecule has 1 heteroatoms. The Kier molecular flexibility index (Phi) is 8.72. The van der Waals surface area contributed by atoms with Crippen molar-refractivity contribution >= 4 is 43.7 Å². The number of rotatable bonds is 9. The lowest BCUT2D eigenvalue weighted by Crippen LogP contribution is -1.93. The van der Waals surface area contributed by atoms with Gasteiger partial charge in [-0.3, -0.25) is 0 Å². The summed E-state index contributed by atoms with van der Waals surface area (Å²) in [6.45, 7) is 4.49. The van der Waals surface area contributed by atoms with Gasteiger partial charge in [-0.1, -0.05) is 166 Å². The highest BCUT2D eigenvalue weighted by Gasteiger charge is 2.12. The minimum absolute atomic E-state index is 0.987. The van der Waals surface area contributed by atoms with Crippen LogP contribution in [0.15, 0.2) is 176 Å². The summed E-state index contributed by atoms with van der Waals surface area (Å²) in [4.78, 5) is 0. The SMILES string of the molecule is CC/C=C(/C=C(\CCC)c1ccc(-c2ccc(-n3c4ccccc4c4ccccc43)cc2)cc1)c1ccc(-c2ccc3ccccc3c2)cc1. The Morgan fingerprint density at radius 3 is 1.64 bits per heavy atom. The first-order valence-corrected chi connectivity index (χ1v) is 17.9. The molecule has 1 heterocycles. The normalized spacial score (nSPS) is 12.3. The van der Waals surface area contributed by atoms with Crippen molar-refractivity contribution in [2.24, 2.45) is 0 Å². The molecule has 0 aliphatic carbocycles. The van der Waals surface area contributed by atoms with Crippen molar-refractivity contribution in [3.8, 4) is 27.9 Å². The average Bonchev–Trinajstić information content (AvgIpc) is 3.52. The third-order valence-corrected chi connectivity index (χ3v) is 9.87. The zero-order valence-electron chi connectivity index (χ0n) is 28.8. The number of fused-ring (bicyclic) bond motifs is 4. The van der Waals surface area contributed by atoms with E-state index in [0.717, 1.165) is 19.3 Å². The molecule has 0 amide bonds. The van der Waals surface area contributed by atoms with Gasteiger partial charge in [0.15, 0.2) is 0 Å². The topological polar surface area (TPSA) is 4.93 Å². The van der Waals surface area contributed by atoms with Gasteiger partial charge in [0.25, 0.3) is 0 Å². The van der Waals surface area contributed by atoms with Crippen molar-refractivity contribution < 1.29 is 0 Å². The van der Waals surface area contributed by atoms with Crippen LogP contribution in [-0.4, -0.2) is 4.57 Å². The molecule has 0 bridgehead atoms. The van der Waals surface area contributed by atoms with E-state index < -0.39 is 0 Å². The second-order valence-corrected chi connectivity index (χ2v) is 13.1. The summed E-state index contributed by atoms with van der Waals surface area (Å²) in [5, 5.41) is 5.12. The van der Waals surface area contributed by atoms with Crippen LogP contribution in [0.2, 0.25) is 0 Å². The van der Waals surface area contributed by atoms with E-state index in [9.17, 15) is 0 Å². The number of aromatic nitrogens is 1. The Hall–Kier alpha value is -5.92. The third kappa shape index (κ3) is 6.08. The van der Waals surface area contributed by atoms with E-state index in [4.69, 9.17) is 0 Å². The van der Waals surface area contributed by atoms with Crippen LogP contribution in [0, 0.1) is 0 Å². The van der Waals surface area contributed by atoms with E-state index in [2.05, 4.69) is 194 Å². The lowest BCUT2D eigenvalue weighted by molar-refractivity contribution is 0.973. The Morgan fingerprint density at radius 2 is 1.02 bits per heavy atom. The summed E-state index contributed by atoms with van der Waals surface area (Å²) in [7, 11) is 0. The van der Waals surface area contributed by atoms with Gasteiger partial charge in [0.1, 0.15) is 0 Å². The van der Waals surface area contributed by atoms with Crippen molar-refractivity contribution in [2.45, 2.75) is 33.1 Å². The summed E-state index contributed by atoms with van der Waals surface area (Å²) >= 11 is 0. The Balaban J connectivity index is 1.05. The Morgan fingerprint density at radius 1 is 0.500 bits per heavy atom. The van der Waals surface area contributed by atoms with E-state index in [0.29, 0.717) is 0 Å². The molecule has 0 radical (unpaired) electrons. The third-order valence-electron chi connectivity index (χ3n) is 9.87. The van der Waals surface area contributed by atoms with Crippen molar-refractivity contribution in [2.75, 3.05) is 0 Å². The molecule has 0 unspecified atom stereocenters. The molecule has 1 nitrogen and oxygen atoms in total. The van der Waals surface area contributed by atoms with Crippen molar-refractivity contribution in [1.82, 2.24) is 4.57 Å². The second kappa shape index (κ2) is 13.9. The molecule has 8 aromatic rings. The molecular formula is C49H41N. The number of nitrogens with zero attached hydrogens (tertiary/aromatic N) is 1. The van der Waals surface area contributed by atoms with Crippen LogP contribution in [0.25, 0.3) is 71.7 Å². The Bertz CT molecular complexity index is 2430. The molecule has 0 aliphatic heterocycles. The maximum Gasteiger partial charge on any atom is 0.0541 e. The van der Waals surface area contributed by atoms with Gasteiger partial charge >= 0.3 is 0 Å². The molecule has 0 saturated heterocycles. The minimum atomic E-state index is 0.987. The van der Waals surface area contributed by atoms with Gasteiger partial charge in [0.2, 0.25) is 0 Å². The fourth-order valence-corrected chi connectivity index (χ4v) is 7.34. The zero-order valence-corrected chi connectivity index (χ0v) is 28.8. The van der Waals surface area contributed by atoms with E-state index in [1.54, 1.807) is 0 Å². The summed E-state index contributed by atoms with van der Waals surface area (Å²) < 4.78 is 2.37. The highest BCUT2D eigenvalue weighted by molar-refractivity contribution is 6.09. The fraction of sp³-hybridized carbons (Fsp3) is 0.102.